The van der Waals surface area contributed by atoms with Gasteiger partial charge in [0.25, 0.3) is 0 Å². The van der Waals surface area contributed by atoms with Gasteiger partial charge in [0.1, 0.15) is 5.75 Å². The van der Waals surface area contributed by atoms with Crippen LogP contribution in [0.2, 0.25) is 0 Å². The van der Waals surface area contributed by atoms with Gasteiger partial charge in [-0.25, -0.2) is 0 Å². The van der Waals surface area contributed by atoms with Crippen LogP contribution >= 0.6 is 0 Å². The first kappa shape index (κ1) is 13.0. The molecular weight excluding hydrogens is 202 g/mol. The van der Waals surface area contributed by atoms with E-state index >= 15 is 0 Å². The minimum Gasteiger partial charge on any atom is -0.491 e. The molecule has 3 nitrogen and oxygen atoms in total. The zero-order valence-electron chi connectivity index (χ0n) is 10.5. The smallest absolute Gasteiger partial charge is 0.119 e. The lowest BCUT2D eigenvalue weighted by Crippen LogP contribution is -2.21. The van der Waals surface area contributed by atoms with Crippen molar-refractivity contribution in [2.45, 2.75) is 26.0 Å². The number of nitrogens with one attached hydrogen (secondary N) is 1. The van der Waals surface area contributed by atoms with E-state index in [-0.39, 0.29) is 12.1 Å². The highest BCUT2D eigenvalue weighted by molar-refractivity contribution is 5.29. The quantitative estimate of drug-likeness (QED) is 0.803. The molecular formula is C13H21NO2. The highest BCUT2D eigenvalue weighted by Crippen LogP contribution is 2.18. The molecule has 1 atom stereocenters. The predicted molar refractivity (Wildman–Crippen MR) is 65.9 cm³/mol. The van der Waals surface area contributed by atoms with Crippen LogP contribution in [0.15, 0.2) is 24.3 Å². The molecule has 3 heteroatoms. The molecule has 90 valence electrons. The predicted octanol–water partition coefficient (Wildman–Crippen LogP) is 2.38. The van der Waals surface area contributed by atoms with Crippen molar-refractivity contribution in [2.24, 2.45) is 0 Å². The molecule has 1 unspecified atom stereocenters. The van der Waals surface area contributed by atoms with Gasteiger partial charge in [0.15, 0.2) is 0 Å². The first-order valence-electron chi connectivity index (χ1n) is 5.60. The van der Waals surface area contributed by atoms with Crippen LogP contribution in [0.3, 0.4) is 0 Å². The first-order valence-corrected chi connectivity index (χ1v) is 5.60. The number of rotatable bonds is 6. The van der Waals surface area contributed by atoms with Crippen LogP contribution in [0, 0.1) is 0 Å². The minimum atomic E-state index is 0.213. The molecule has 0 aliphatic rings. The summed E-state index contributed by atoms with van der Waals surface area (Å²) in [5.74, 6) is 0.908. The lowest BCUT2D eigenvalue weighted by atomic mass is 10.1. The summed E-state index contributed by atoms with van der Waals surface area (Å²) in [6.07, 6.45) is 0.213. The Bertz CT molecular complexity index is 295. The summed E-state index contributed by atoms with van der Waals surface area (Å²) >= 11 is 0. The summed E-state index contributed by atoms with van der Waals surface area (Å²) in [6.45, 7) is 4.71. The Kier molecular flexibility index (Phi) is 5.29. The lowest BCUT2D eigenvalue weighted by molar-refractivity contribution is 0.170. The van der Waals surface area contributed by atoms with Gasteiger partial charge < -0.3 is 14.8 Å². The van der Waals surface area contributed by atoms with Gasteiger partial charge in [-0.15, -0.1) is 0 Å². The summed E-state index contributed by atoms with van der Waals surface area (Å²) in [5.41, 5.74) is 1.21. The zero-order chi connectivity index (χ0) is 12.0. The Balaban J connectivity index is 2.69. The summed E-state index contributed by atoms with van der Waals surface area (Å²) in [4.78, 5) is 0. The number of hydrogen-bond donors (Lipinski definition) is 1. The van der Waals surface area contributed by atoms with Crippen LogP contribution in [0.5, 0.6) is 5.75 Å². The molecule has 0 saturated heterocycles. The molecule has 1 aromatic rings. The maximum absolute atomic E-state index is 5.59. The fourth-order valence-corrected chi connectivity index (χ4v) is 1.56. The molecule has 1 N–H and O–H groups in total. The average Bonchev–Trinajstić information content (AvgIpc) is 2.26. The number of methoxy groups -OCH3 is 1. The second kappa shape index (κ2) is 6.51. The van der Waals surface area contributed by atoms with Crippen LogP contribution in [0.1, 0.15) is 25.5 Å². The molecule has 0 fully saturated rings. The fraction of sp³-hybridized carbons (Fsp3) is 0.538. The number of likely N-dealkylation sites (N-methyl/N-ethyl adjacent to an activating group) is 1. The minimum absolute atomic E-state index is 0.213. The van der Waals surface area contributed by atoms with E-state index in [1.165, 1.54) is 5.56 Å². The Labute approximate surface area is 97.8 Å². The molecule has 16 heavy (non-hydrogen) atoms. The third kappa shape index (κ3) is 3.83. The number of benzene rings is 1. The van der Waals surface area contributed by atoms with Crippen LogP contribution in [-0.4, -0.2) is 26.9 Å². The van der Waals surface area contributed by atoms with Crippen LogP contribution in [0.4, 0.5) is 0 Å². The van der Waals surface area contributed by atoms with Crippen molar-refractivity contribution in [2.75, 3.05) is 20.8 Å². The van der Waals surface area contributed by atoms with Crippen molar-refractivity contribution < 1.29 is 9.47 Å². The third-order valence-electron chi connectivity index (χ3n) is 2.34. The van der Waals surface area contributed by atoms with Crippen molar-refractivity contribution in [3.05, 3.63) is 29.8 Å². The van der Waals surface area contributed by atoms with Gasteiger partial charge >= 0.3 is 0 Å². The van der Waals surface area contributed by atoms with E-state index in [9.17, 15) is 0 Å². The highest BCUT2D eigenvalue weighted by atomic mass is 16.5. The van der Waals surface area contributed by atoms with Gasteiger partial charge in [-0.3, -0.25) is 0 Å². The Morgan fingerprint density at radius 2 is 1.81 bits per heavy atom. The number of ether oxygens (including phenoxy) is 2. The average molecular weight is 223 g/mol. The summed E-state index contributed by atoms with van der Waals surface area (Å²) < 4.78 is 10.7. The SMILES string of the molecule is CNC(COC)c1ccc(OC(C)C)cc1. The monoisotopic (exact) mass is 223 g/mol. The van der Waals surface area contributed by atoms with Gasteiger partial charge in [0.05, 0.1) is 18.8 Å². The van der Waals surface area contributed by atoms with Crippen molar-refractivity contribution in [1.82, 2.24) is 5.32 Å². The maximum Gasteiger partial charge on any atom is 0.119 e. The van der Waals surface area contributed by atoms with Gasteiger partial charge in [0.2, 0.25) is 0 Å². The van der Waals surface area contributed by atoms with Crippen molar-refractivity contribution in [1.29, 1.82) is 0 Å². The van der Waals surface area contributed by atoms with Gasteiger partial charge in [-0.05, 0) is 38.6 Å². The van der Waals surface area contributed by atoms with E-state index in [1.807, 2.05) is 33.0 Å². The zero-order valence-corrected chi connectivity index (χ0v) is 10.5. The number of hydrogen-bond acceptors (Lipinski definition) is 3. The molecule has 0 aromatic heterocycles. The van der Waals surface area contributed by atoms with Crippen molar-refractivity contribution in [3.8, 4) is 5.75 Å². The van der Waals surface area contributed by atoms with E-state index in [0.717, 1.165) is 5.75 Å². The Hall–Kier alpha value is -1.06. The highest BCUT2D eigenvalue weighted by Gasteiger charge is 2.08. The molecule has 0 saturated carbocycles. The largest absolute Gasteiger partial charge is 0.491 e. The molecule has 0 aliphatic heterocycles. The van der Waals surface area contributed by atoms with E-state index in [1.54, 1.807) is 7.11 Å². The lowest BCUT2D eigenvalue weighted by Gasteiger charge is -2.16. The molecule has 0 spiro atoms. The van der Waals surface area contributed by atoms with E-state index < -0.39 is 0 Å². The normalized spacial score (nSPS) is 12.8. The van der Waals surface area contributed by atoms with Gasteiger partial charge in [-0.1, -0.05) is 12.1 Å². The van der Waals surface area contributed by atoms with Crippen LogP contribution in [0.25, 0.3) is 0 Å². The second-order valence-electron chi connectivity index (χ2n) is 4.03. The first-order chi connectivity index (χ1) is 7.67. The third-order valence-corrected chi connectivity index (χ3v) is 2.34. The topological polar surface area (TPSA) is 30.5 Å². The Morgan fingerprint density at radius 1 is 1.19 bits per heavy atom. The van der Waals surface area contributed by atoms with Crippen LogP contribution in [-0.2, 0) is 4.74 Å². The molecule has 0 amide bonds. The second-order valence-corrected chi connectivity index (χ2v) is 4.03. The van der Waals surface area contributed by atoms with E-state index in [0.29, 0.717) is 6.61 Å². The van der Waals surface area contributed by atoms with Gasteiger partial charge in [0, 0.05) is 7.11 Å². The molecule has 0 aliphatic carbocycles. The van der Waals surface area contributed by atoms with Crippen LogP contribution < -0.4 is 10.1 Å². The molecule has 0 bridgehead atoms. The molecule has 1 aromatic carbocycles. The van der Waals surface area contributed by atoms with Gasteiger partial charge in [-0.2, -0.15) is 0 Å². The fourth-order valence-electron chi connectivity index (χ4n) is 1.56. The molecule has 0 radical (unpaired) electrons. The summed E-state index contributed by atoms with van der Waals surface area (Å²) in [6, 6.07) is 8.36. The Morgan fingerprint density at radius 3 is 2.25 bits per heavy atom. The van der Waals surface area contributed by atoms with E-state index in [2.05, 4.69) is 17.4 Å². The van der Waals surface area contributed by atoms with Crippen molar-refractivity contribution >= 4 is 0 Å². The molecule has 1 rings (SSSR count). The van der Waals surface area contributed by atoms with Crippen molar-refractivity contribution in [3.63, 3.8) is 0 Å². The van der Waals surface area contributed by atoms with E-state index in [4.69, 9.17) is 9.47 Å². The summed E-state index contributed by atoms with van der Waals surface area (Å²) in [7, 11) is 3.64. The molecule has 0 heterocycles. The maximum atomic E-state index is 5.59. The summed E-state index contributed by atoms with van der Waals surface area (Å²) in [5, 5.41) is 3.21. The standard InChI is InChI=1S/C13H21NO2/c1-10(2)16-12-7-5-11(6-8-12)13(14-3)9-15-4/h5-8,10,13-14H,9H2,1-4H3.